The first-order valence-corrected chi connectivity index (χ1v) is 9.38. The Kier molecular flexibility index (Phi) is 4.92. The van der Waals surface area contributed by atoms with E-state index in [1.165, 1.54) is 14.2 Å². The van der Waals surface area contributed by atoms with Crippen molar-refractivity contribution < 1.29 is 19.0 Å². The molecule has 1 atom stereocenters. The van der Waals surface area contributed by atoms with Gasteiger partial charge >= 0.3 is 0 Å². The molecule has 0 aromatic carbocycles. The van der Waals surface area contributed by atoms with E-state index in [0.29, 0.717) is 37.7 Å². The maximum Gasteiger partial charge on any atom is 0.259 e. The Bertz CT molecular complexity index is 862. The minimum Gasteiger partial charge on any atom is -0.481 e. The summed E-state index contributed by atoms with van der Waals surface area (Å²) in [5.41, 5.74) is 0.381. The van der Waals surface area contributed by atoms with Gasteiger partial charge < -0.3 is 23.7 Å². The molecule has 2 aliphatic rings. The number of aryl methyl sites for hydroxylation is 1. The van der Waals surface area contributed by atoms with Crippen LogP contribution in [0, 0.1) is 5.41 Å². The molecule has 4 rings (SSSR count). The van der Waals surface area contributed by atoms with E-state index in [0.717, 1.165) is 18.7 Å². The van der Waals surface area contributed by atoms with Crippen LogP contribution < -0.4 is 9.47 Å². The number of likely N-dealkylation sites (tertiary alicyclic amines) is 1. The Balaban J connectivity index is 1.66. The van der Waals surface area contributed by atoms with Gasteiger partial charge in [0, 0.05) is 50.8 Å². The van der Waals surface area contributed by atoms with Gasteiger partial charge in [0.15, 0.2) is 0 Å². The highest BCUT2D eigenvalue weighted by atomic mass is 16.5. The summed E-state index contributed by atoms with van der Waals surface area (Å²) in [6.45, 7) is 2.63. The Labute approximate surface area is 163 Å². The maximum absolute atomic E-state index is 13.3. The highest BCUT2D eigenvalue weighted by Crippen LogP contribution is 2.49. The molecule has 1 spiro atoms. The van der Waals surface area contributed by atoms with Gasteiger partial charge in [-0.3, -0.25) is 4.79 Å². The number of hydrogen-bond donors (Lipinski definition) is 0. The highest BCUT2D eigenvalue weighted by Gasteiger charge is 2.51. The topological polar surface area (TPSA) is 91.6 Å². The van der Waals surface area contributed by atoms with E-state index in [9.17, 15) is 4.79 Å². The van der Waals surface area contributed by atoms with E-state index in [-0.39, 0.29) is 23.1 Å². The van der Waals surface area contributed by atoms with Crippen LogP contribution in [0.5, 0.6) is 11.8 Å². The number of hydrogen-bond acceptors (Lipinski definition) is 7. The van der Waals surface area contributed by atoms with Gasteiger partial charge in [-0.25, -0.2) is 0 Å². The van der Waals surface area contributed by atoms with Crippen molar-refractivity contribution in [1.29, 1.82) is 0 Å². The van der Waals surface area contributed by atoms with Gasteiger partial charge in [-0.2, -0.15) is 4.98 Å². The van der Waals surface area contributed by atoms with Crippen LogP contribution >= 0.6 is 0 Å². The lowest BCUT2D eigenvalue weighted by atomic mass is 9.72. The molecule has 2 fully saturated rings. The number of methoxy groups -OCH3 is 2. The molecule has 0 aliphatic carbocycles. The van der Waals surface area contributed by atoms with Crippen molar-refractivity contribution in [2.24, 2.45) is 12.5 Å². The lowest BCUT2D eigenvalue weighted by Gasteiger charge is -2.37. The van der Waals surface area contributed by atoms with E-state index >= 15 is 0 Å². The molecule has 2 aliphatic heterocycles. The SMILES string of the molecule is COc1ccc(C(=O)N2CC(c3nncn3C)C3(CCOCC3)C2)c(OC)n1. The Morgan fingerprint density at radius 2 is 2.04 bits per heavy atom. The molecule has 4 heterocycles. The molecule has 9 heteroatoms. The minimum absolute atomic E-state index is 0.0537. The molecule has 2 saturated heterocycles. The summed E-state index contributed by atoms with van der Waals surface area (Å²) in [7, 11) is 4.98. The smallest absolute Gasteiger partial charge is 0.259 e. The summed E-state index contributed by atoms with van der Waals surface area (Å²) in [5, 5.41) is 8.40. The van der Waals surface area contributed by atoms with Crippen molar-refractivity contribution in [3.8, 4) is 11.8 Å². The molecule has 0 saturated carbocycles. The average molecular weight is 387 g/mol. The Morgan fingerprint density at radius 1 is 1.25 bits per heavy atom. The van der Waals surface area contributed by atoms with Gasteiger partial charge in [0.2, 0.25) is 11.8 Å². The minimum atomic E-state index is -0.0949. The van der Waals surface area contributed by atoms with Crippen LogP contribution in [0.2, 0.25) is 0 Å². The van der Waals surface area contributed by atoms with Crippen LogP contribution in [-0.4, -0.2) is 71.1 Å². The Morgan fingerprint density at radius 3 is 2.68 bits per heavy atom. The van der Waals surface area contributed by atoms with Gasteiger partial charge in [-0.1, -0.05) is 0 Å². The third-order valence-electron chi connectivity index (χ3n) is 5.95. The first-order valence-electron chi connectivity index (χ1n) is 9.38. The van der Waals surface area contributed by atoms with E-state index in [1.54, 1.807) is 18.5 Å². The van der Waals surface area contributed by atoms with Crippen molar-refractivity contribution in [3.05, 3.63) is 29.8 Å². The zero-order chi connectivity index (χ0) is 19.7. The van der Waals surface area contributed by atoms with Crippen LogP contribution in [0.3, 0.4) is 0 Å². The van der Waals surface area contributed by atoms with Crippen molar-refractivity contribution in [2.75, 3.05) is 40.5 Å². The van der Waals surface area contributed by atoms with Crippen molar-refractivity contribution in [1.82, 2.24) is 24.6 Å². The summed E-state index contributed by atoms with van der Waals surface area (Å²) in [6.07, 6.45) is 3.50. The monoisotopic (exact) mass is 387 g/mol. The molecule has 2 aromatic rings. The molecule has 1 unspecified atom stereocenters. The molecule has 2 aromatic heterocycles. The molecular formula is C19H25N5O4. The first kappa shape index (κ1) is 18.7. The molecule has 9 nitrogen and oxygen atoms in total. The zero-order valence-corrected chi connectivity index (χ0v) is 16.4. The number of carbonyl (C=O) groups excluding carboxylic acids is 1. The summed E-state index contributed by atoms with van der Waals surface area (Å²) in [4.78, 5) is 19.5. The maximum atomic E-state index is 13.3. The van der Waals surface area contributed by atoms with E-state index in [1.807, 2.05) is 16.5 Å². The van der Waals surface area contributed by atoms with Crippen LogP contribution in [0.4, 0.5) is 0 Å². The zero-order valence-electron chi connectivity index (χ0n) is 16.4. The molecule has 150 valence electrons. The third kappa shape index (κ3) is 3.09. The predicted molar refractivity (Wildman–Crippen MR) is 99.5 cm³/mol. The standard InChI is InChI=1S/C19H25N5O4/c1-23-12-20-22-16(23)14-10-24(11-19(14)6-8-28-9-7-19)18(25)13-4-5-15(26-2)21-17(13)27-3/h4-5,12,14H,6-11H2,1-3H3. The van der Waals surface area contributed by atoms with Crippen molar-refractivity contribution >= 4 is 5.91 Å². The fraction of sp³-hybridized carbons (Fsp3) is 0.579. The summed E-state index contributed by atoms with van der Waals surface area (Å²) >= 11 is 0. The summed E-state index contributed by atoms with van der Waals surface area (Å²) in [5.74, 6) is 1.62. The van der Waals surface area contributed by atoms with Gasteiger partial charge in [0.25, 0.3) is 5.91 Å². The second kappa shape index (κ2) is 7.38. The van der Waals surface area contributed by atoms with Crippen LogP contribution in [0.25, 0.3) is 0 Å². The quantitative estimate of drug-likeness (QED) is 0.780. The fourth-order valence-electron chi connectivity index (χ4n) is 4.40. The van der Waals surface area contributed by atoms with Gasteiger partial charge in [-0.15, -0.1) is 10.2 Å². The van der Waals surface area contributed by atoms with Crippen LogP contribution in [0.15, 0.2) is 18.5 Å². The van der Waals surface area contributed by atoms with Crippen LogP contribution in [-0.2, 0) is 11.8 Å². The molecule has 0 radical (unpaired) electrons. The third-order valence-corrected chi connectivity index (χ3v) is 5.95. The highest BCUT2D eigenvalue weighted by molar-refractivity contribution is 5.96. The number of pyridine rings is 1. The van der Waals surface area contributed by atoms with Crippen molar-refractivity contribution in [3.63, 3.8) is 0 Å². The Hall–Kier alpha value is -2.68. The second-order valence-electron chi connectivity index (χ2n) is 7.42. The van der Waals surface area contributed by atoms with E-state index in [2.05, 4.69) is 15.2 Å². The fourth-order valence-corrected chi connectivity index (χ4v) is 4.40. The largest absolute Gasteiger partial charge is 0.481 e. The molecule has 28 heavy (non-hydrogen) atoms. The van der Waals surface area contributed by atoms with Crippen LogP contribution in [0.1, 0.15) is 34.9 Å². The normalized spacial score (nSPS) is 21.1. The van der Waals surface area contributed by atoms with Crippen molar-refractivity contribution in [2.45, 2.75) is 18.8 Å². The number of rotatable bonds is 4. The molecular weight excluding hydrogens is 362 g/mol. The van der Waals surface area contributed by atoms with Gasteiger partial charge in [-0.05, 0) is 18.9 Å². The van der Waals surface area contributed by atoms with E-state index < -0.39 is 0 Å². The van der Waals surface area contributed by atoms with E-state index in [4.69, 9.17) is 14.2 Å². The number of carbonyl (C=O) groups is 1. The lowest BCUT2D eigenvalue weighted by Crippen LogP contribution is -2.37. The second-order valence-corrected chi connectivity index (χ2v) is 7.42. The number of aromatic nitrogens is 4. The number of amides is 1. The summed E-state index contributed by atoms with van der Waals surface area (Å²) in [6, 6.07) is 3.38. The van der Waals surface area contributed by atoms with Gasteiger partial charge in [0.1, 0.15) is 17.7 Å². The molecule has 1 amide bonds. The molecule has 0 N–H and O–H groups in total. The number of ether oxygens (including phenoxy) is 3. The predicted octanol–water partition coefficient (Wildman–Crippen LogP) is 1.26. The molecule has 0 bridgehead atoms. The first-order chi connectivity index (χ1) is 13.6. The summed E-state index contributed by atoms with van der Waals surface area (Å²) < 4.78 is 18.0. The van der Waals surface area contributed by atoms with Gasteiger partial charge in [0.05, 0.1) is 14.2 Å². The number of nitrogens with zero attached hydrogens (tertiary/aromatic N) is 5. The average Bonchev–Trinajstić information content (AvgIpc) is 3.30. The lowest BCUT2D eigenvalue weighted by molar-refractivity contribution is 0.0108.